The van der Waals surface area contributed by atoms with Gasteiger partial charge in [-0.1, -0.05) is 6.92 Å². The minimum atomic E-state index is 0.706. The molecule has 1 unspecified atom stereocenters. The fourth-order valence-electron chi connectivity index (χ4n) is 2.34. The van der Waals surface area contributed by atoms with Crippen molar-refractivity contribution in [3.05, 3.63) is 23.7 Å². The first-order valence-electron chi connectivity index (χ1n) is 6.31. The Kier molecular flexibility index (Phi) is 4.02. The molecular formula is C13H22N2O. The van der Waals surface area contributed by atoms with Crippen LogP contribution in [-0.4, -0.2) is 24.0 Å². The molecule has 0 spiro atoms. The normalized spacial score (nSPS) is 21.8. The molecule has 1 atom stereocenters. The van der Waals surface area contributed by atoms with Crippen molar-refractivity contribution in [1.29, 1.82) is 0 Å². The number of rotatable bonds is 5. The molecule has 16 heavy (non-hydrogen) atoms. The second-order valence-electron chi connectivity index (χ2n) is 4.61. The summed E-state index contributed by atoms with van der Waals surface area (Å²) in [7, 11) is 0. The van der Waals surface area contributed by atoms with E-state index in [1.54, 1.807) is 0 Å². The summed E-state index contributed by atoms with van der Waals surface area (Å²) in [6, 6.07) is 2.79. The number of nitrogens with one attached hydrogen (secondary N) is 1. The van der Waals surface area contributed by atoms with Crippen LogP contribution in [0.1, 0.15) is 38.0 Å². The van der Waals surface area contributed by atoms with E-state index >= 15 is 0 Å². The van der Waals surface area contributed by atoms with Crippen LogP contribution in [0.2, 0.25) is 0 Å². The average molecular weight is 222 g/mol. The predicted molar refractivity (Wildman–Crippen MR) is 65.2 cm³/mol. The van der Waals surface area contributed by atoms with E-state index in [-0.39, 0.29) is 0 Å². The Morgan fingerprint density at radius 1 is 1.56 bits per heavy atom. The van der Waals surface area contributed by atoms with Gasteiger partial charge in [0.1, 0.15) is 5.76 Å². The van der Waals surface area contributed by atoms with Crippen LogP contribution in [0, 0.1) is 0 Å². The summed E-state index contributed by atoms with van der Waals surface area (Å²) < 4.78 is 5.59. The highest BCUT2D eigenvalue weighted by Gasteiger charge is 2.22. The fraction of sp³-hybridized carbons (Fsp3) is 0.692. The quantitative estimate of drug-likeness (QED) is 0.829. The maximum atomic E-state index is 5.59. The van der Waals surface area contributed by atoms with Crippen LogP contribution in [0.15, 0.2) is 16.7 Å². The van der Waals surface area contributed by atoms with Crippen molar-refractivity contribution in [3.63, 3.8) is 0 Å². The van der Waals surface area contributed by atoms with Crippen molar-refractivity contribution < 1.29 is 4.42 Å². The van der Waals surface area contributed by atoms with Gasteiger partial charge in [0.15, 0.2) is 0 Å². The largest absolute Gasteiger partial charge is 0.468 e. The Bertz CT molecular complexity index is 321. The van der Waals surface area contributed by atoms with Gasteiger partial charge < -0.3 is 9.73 Å². The summed E-state index contributed by atoms with van der Waals surface area (Å²) in [5.74, 6) is 1.13. The minimum Gasteiger partial charge on any atom is -0.468 e. The van der Waals surface area contributed by atoms with Crippen molar-refractivity contribution >= 4 is 0 Å². The number of nitrogens with zero attached hydrogens (tertiary/aromatic N) is 1. The van der Waals surface area contributed by atoms with Gasteiger partial charge in [0, 0.05) is 18.2 Å². The topological polar surface area (TPSA) is 28.4 Å². The predicted octanol–water partition coefficient (Wildman–Crippen LogP) is 2.37. The van der Waals surface area contributed by atoms with E-state index in [1.165, 1.54) is 24.9 Å². The van der Waals surface area contributed by atoms with Gasteiger partial charge in [-0.3, -0.25) is 4.90 Å². The molecule has 1 N–H and O–H groups in total. The van der Waals surface area contributed by atoms with Crippen LogP contribution >= 0.6 is 0 Å². The molecule has 0 amide bonds. The zero-order valence-electron chi connectivity index (χ0n) is 10.3. The Labute approximate surface area is 97.8 Å². The molecule has 3 nitrogen and oxygen atoms in total. The van der Waals surface area contributed by atoms with E-state index in [0.29, 0.717) is 6.04 Å². The number of furan rings is 1. The molecule has 1 aliphatic rings. The molecule has 0 aliphatic carbocycles. The van der Waals surface area contributed by atoms with Gasteiger partial charge in [-0.2, -0.15) is 0 Å². The molecule has 2 rings (SSSR count). The van der Waals surface area contributed by atoms with E-state index in [9.17, 15) is 0 Å². The summed E-state index contributed by atoms with van der Waals surface area (Å²) >= 11 is 0. The molecule has 90 valence electrons. The summed E-state index contributed by atoms with van der Waals surface area (Å²) in [6.07, 6.45) is 4.45. The van der Waals surface area contributed by atoms with Crippen molar-refractivity contribution in [2.75, 3.05) is 13.1 Å². The van der Waals surface area contributed by atoms with Crippen molar-refractivity contribution in [2.45, 2.75) is 45.8 Å². The Balaban J connectivity index is 1.95. The molecule has 1 fully saturated rings. The molecule has 1 aliphatic heterocycles. The molecule has 0 aromatic carbocycles. The summed E-state index contributed by atoms with van der Waals surface area (Å²) in [4.78, 5) is 2.51. The van der Waals surface area contributed by atoms with Crippen LogP contribution in [0.4, 0.5) is 0 Å². The van der Waals surface area contributed by atoms with E-state index in [1.807, 2.05) is 6.26 Å². The highest BCUT2D eigenvalue weighted by Crippen LogP contribution is 2.21. The first-order chi connectivity index (χ1) is 7.81. The first-order valence-corrected chi connectivity index (χ1v) is 6.31. The van der Waals surface area contributed by atoms with Gasteiger partial charge in [-0.15, -0.1) is 0 Å². The minimum absolute atomic E-state index is 0.706. The lowest BCUT2D eigenvalue weighted by atomic mass is 10.2. The summed E-state index contributed by atoms with van der Waals surface area (Å²) in [5, 5.41) is 3.35. The third-order valence-electron chi connectivity index (χ3n) is 3.44. The molecule has 0 saturated carbocycles. The lowest BCUT2D eigenvalue weighted by Crippen LogP contribution is -2.26. The standard InChI is InChI=1S/C13H22N2O/c1-3-14-9-12-6-8-16-13(12)10-15-7-4-5-11(15)2/h6,8,11,14H,3-5,7,9-10H2,1-2H3. The molecule has 1 aromatic heterocycles. The molecule has 0 bridgehead atoms. The number of hydrogen-bond donors (Lipinski definition) is 1. The van der Waals surface area contributed by atoms with Crippen LogP contribution in [0.25, 0.3) is 0 Å². The van der Waals surface area contributed by atoms with E-state index in [4.69, 9.17) is 4.42 Å². The highest BCUT2D eigenvalue weighted by atomic mass is 16.3. The number of hydrogen-bond acceptors (Lipinski definition) is 3. The van der Waals surface area contributed by atoms with Crippen LogP contribution in [0.5, 0.6) is 0 Å². The van der Waals surface area contributed by atoms with Gasteiger partial charge in [0.2, 0.25) is 0 Å². The maximum absolute atomic E-state index is 5.59. The molecular weight excluding hydrogens is 200 g/mol. The molecule has 2 heterocycles. The van der Waals surface area contributed by atoms with Gasteiger partial charge >= 0.3 is 0 Å². The van der Waals surface area contributed by atoms with Gasteiger partial charge in [-0.05, 0) is 38.9 Å². The van der Waals surface area contributed by atoms with E-state index < -0.39 is 0 Å². The maximum Gasteiger partial charge on any atom is 0.122 e. The van der Waals surface area contributed by atoms with Gasteiger partial charge in [0.05, 0.1) is 12.8 Å². The van der Waals surface area contributed by atoms with Gasteiger partial charge in [-0.25, -0.2) is 0 Å². The SMILES string of the molecule is CCNCc1ccoc1CN1CCCC1C. The first kappa shape index (κ1) is 11.7. The smallest absolute Gasteiger partial charge is 0.122 e. The average Bonchev–Trinajstić information content (AvgIpc) is 2.87. The Hall–Kier alpha value is -0.800. The molecule has 0 radical (unpaired) electrons. The van der Waals surface area contributed by atoms with Crippen molar-refractivity contribution in [2.24, 2.45) is 0 Å². The van der Waals surface area contributed by atoms with Crippen LogP contribution < -0.4 is 5.32 Å². The summed E-state index contributed by atoms with van der Waals surface area (Å²) in [5.41, 5.74) is 1.31. The van der Waals surface area contributed by atoms with E-state index in [0.717, 1.165) is 25.4 Å². The van der Waals surface area contributed by atoms with E-state index in [2.05, 4.69) is 30.1 Å². The molecule has 1 aromatic rings. The Morgan fingerprint density at radius 2 is 2.44 bits per heavy atom. The second-order valence-corrected chi connectivity index (χ2v) is 4.61. The highest BCUT2D eigenvalue weighted by molar-refractivity contribution is 5.17. The van der Waals surface area contributed by atoms with Crippen LogP contribution in [0.3, 0.4) is 0 Å². The summed E-state index contributed by atoms with van der Waals surface area (Å²) in [6.45, 7) is 8.54. The molecule has 3 heteroatoms. The second kappa shape index (κ2) is 5.51. The zero-order chi connectivity index (χ0) is 11.4. The third kappa shape index (κ3) is 2.66. The molecule has 1 saturated heterocycles. The monoisotopic (exact) mass is 222 g/mol. The van der Waals surface area contributed by atoms with Crippen molar-refractivity contribution in [3.8, 4) is 0 Å². The van der Waals surface area contributed by atoms with Crippen molar-refractivity contribution in [1.82, 2.24) is 10.2 Å². The lowest BCUT2D eigenvalue weighted by Gasteiger charge is -2.20. The Morgan fingerprint density at radius 3 is 3.12 bits per heavy atom. The third-order valence-corrected chi connectivity index (χ3v) is 3.44. The van der Waals surface area contributed by atoms with Crippen LogP contribution in [-0.2, 0) is 13.1 Å². The number of likely N-dealkylation sites (tertiary alicyclic amines) is 1. The zero-order valence-corrected chi connectivity index (χ0v) is 10.3. The fourth-order valence-corrected chi connectivity index (χ4v) is 2.34. The van der Waals surface area contributed by atoms with Gasteiger partial charge in [0.25, 0.3) is 0 Å². The lowest BCUT2D eigenvalue weighted by molar-refractivity contribution is 0.237.